The van der Waals surface area contributed by atoms with Crippen molar-refractivity contribution in [3.05, 3.63) is 0 Å². The highest BCUT2D eigenvalue weighted by Crippen LogP contribution is 2.70. The lowest BCUT2D eigenvalue weighted by molar-refractivity contribution is 0.363. The van der Waals surface area contributed by atoms with Crippen molar-refractivity contribution in [2.75, 3.05) is 13.7 Å². The van der Waals surface area contributed by atoms with Crippen LogP contribution in [0.4, 0.5) is 21.0 Å². The lowest BCUT2D eigenvalue weighted by Gasteiger charge is -1.96. The first-order valence-corrected chi connectivity index (χ1v) is 7.53. The second-order valence-corrected chi connectivity index (χ2v) is 6.30. The van der Waals surface area contributed by atoms with Gasteiger partial charge in [0.1, 0.15) is 6.61 Å². The van der Waals surface area contributed by atoms with Crippen LogP contribution in [0.25, 0.3) is 0 Å². The van der Waals surface area contributed by atoms with E-state index in [9.17, 15) is 21.0 Å². The maximum Gasteiger partial charge on any atom is 0.620 e. The van der Waals surface area contributed by atoms with Crippen LogP contribution in [0.1, 0.15) is 6.92 Å². The summed E-state index contributed by atoms with van der Waals surface area (Å²) in [6.07, 6.45) is 0. The van der Waals surface area contributed by atoms with Gasteiger partial charge in [0.25, 0.3) is 0 Å². The lowest BCUT2D eigenvalue weighted by atomic mass is 10.9. The van der Waals surface area contributed by atoms with Crippen molar-refractivity contribution in [3.63, 3.8) is 0 Å². The van der Waals surface area contributed by atoms with Crippen LogP contribution < -0.4 is 0 Å². The normalized spacial score (nSPS) is 13.9. The van der Waals surface area contributed by atoms with Gasteiger partial charge in [-0.2, -0.15) is 0 Å². The van der Waals surface area contributed by atoms with Crippen molar-refractivity contribution in [2.45, 2.75) is 6.92 Å². The van der Waals surface area contributed by atoms with Crippen molar-refractivity contribution >= 4 is 23.9 Å². The van der Waals surface area contributed by atoms with Crippen LogP contribution in [0.5, 0.6) is 0 Å². The quantitative estimate of drug-likeness (QED) is 0.470. The van der Waals surface area contributed by atoms with E-state index in [1.807, 2.05) is 4.52 Å². The first kappa shape index (κ1) is 15.2. The van der Waals surface area contributed by atoms with E-state index in [1.54, 1.807) is 0 Å². The van der Waals surface area contributed by atoms with Gasteiger partial charge in [-0.05, 0) is 6.92 Å². The van der Waals surface area contributed by atoms with Gasteiger partial charge in [0, 0.05) is 7.05 Å². The molecule has 0 radical (unpaired) electrons. The summed E-state index contributed by atoms with van der Waals surface area (Å²) in [5, 5.41) is 0. The molecule has 0 bridgehead atoms. The second kappa shape index (κ2) is 6.04. The van der Waals surface area contributed by atoms with Crippen molar-refractivity contribution in [3.8, 4) is 0 Å². The maximum absolute atomic E-state index is 12.6. The van der Waals surface area contributed by atoms with Crippen molar-refractivity contribution in [1.29, 1.82) is 0 Å². The summed E-state index contributed by atoms with van der Waals surface area (Å²) in [6, 6.07) is 0. The first-order chi connectivity index (χ1) is 6.72. The Morgan fingerprint density at radius 1 is 1.20 bits per heavy atom. The maximum atomic E-state index is 12.6. The zero-order valence-corrected chi connectivity index (χ0v) is 10.4. The minimum absolute atomic E-state index is 0.171. The van der Waals surface area contributed by atoms with Crippen LogP contribution in [0.2, 0.25) is 0 Å². The van der Waals surface area contributed by atoms with E-state index in [-0.39, 0.29) is 6.61 Å². The van der Waals surface area contributed by atoms with E-state index in [0.29, 0.717) is 7.05 Å². The Kier molecular flexibility index (Phi) is 6.11. The molecule has 0 aliphatic carbocycles. The highest BCUT2D eigenvalue weighted by Gasteiger charge is 2.32. The van der Waals surface area contributed by atoms with Crippen LogP contribution in [-0.4, -0.2) is 13.7 Å². The Morgan fingerprint density at radius 2 is 1.73 bits per heavy atom. The molecule has 15 heavy (non-hydrogen) atoms. The lowest BCUT2D eigenvalue weighted by Crippen LogP contribution is -1.71. The van der Waals surface area contributed by atoms with E-state index >= 15 is 0 Å². The van der Waals surface area contributed by atoms with Crippen LogP contribution >= 0.6 is 23.9 Å². The molecule has 0 amide bonds. The van der Waals surface area contributed by atoms with Crippen LogP contribution in [0.3, 0.4) is 0 Å². The molecule has 12 heteroatoms. The van der Waals surface area contributed by atoms with Gasteiger partial charge in [0.2, 0.25) is 0 Å². The van der Waals surface area contributed by atoms with Gasteiger partial charge in [0.15, 0.2) is 0 Å². The predicted octanol–water partition coefficient (Wildman–Crippen LogP) is 5.89. The van der Waals surface area contributed by atoms with Crippen molar-refractivity contribution in [2.24, 2.45) is 13.8 Å². The fourth-order valence-corrected chi connectivity index (χ4v) is 3.32. The molecule has 0 fully saturated rings. The molecule has 0 aliphatic rings. The summed E-state index contributed by atoms with van der Waals surface area (Å²) in [7, 11) is -13.6. The van der Waals surface area contributed by atoms with Crippen LogP contribution in [0.15, 0.2) is 13.8 Å². The zero-order chi connectivity index (χ0) is 12.1. The van der Waals surface area contributed by atoms with Crippen LogP contribution in [-0.2, 0) is 4.52 Å². The molecular formula is C3H8F5N3OP3+. The SMILES string of the molecule is CCO[P+](F)=NP(F)(F)=NP(F)(F)=NC. The van der Waals surface area contributed by atoms with E-state index in [2.05, 4.69) is 13.8 Å². The summed E-state index contributed by atoms with van der Waals surface area (Å²) >= 11 is 0. The third kappa shape index (κ3) is 7.12. The standard InChI is InChI=1S/C3H8F5N3OP3/c1-3-12-13(4)10-15(7,8)11-14(5,6)9-2/h3H2,1-2H3/q+1. The molecule has 0 saturated heterocycles. The Balaban J connectivity index is 5.08. The van der Waals surface area contributed by atoms with Gasteiger partial charge in [0.05, 0.1) is 8.71 Å². The summed E-state index contributed by atoms with van der Waals surface area (Å²) in [5.41, 5.74) is 0. The summed E-state index contributed by atoms with van der Waals surface area (Å²) in [5.74, 6) is 0. The molecule has 0 aliphatic heterocycles. The summed E-state index contributed by atoms with van der Waals surface area (Å²) < 4.78 is 73.1. The first-order valence-electron chi connectivity index (χ1n) is 3.47. The van der Waals surface area contributed by atoms with Gasteiger partial charge in [-0.15, -0.1) is 25.8 Å². The van der Waals surface area contributed by atoms with Gasteiger partial charge < -0.3 is 0 Å². The highest BCUT2D eigenvalue weighted by molar-refractivity contribution is 7.68. The molecular weight excluding hydrogens is 282 g/mol. The Morgan fingerprint density at radius 3 is 2.13 bits per heavy atom. The molecule has 0 spiro atoms. The fourth-order valence-electron chi connectivity index (χ4n) is 0.404. The average molecular weight is 290 g/mol. The van der Waals surface area contributed by atoms with Gasteiger partial charge in [-0.25, -0.2) is 4.74 Å². The largest absolute Gasteiger partial charge is 0.620 e. The monoisotopic (exact) mass is 290 g/mol. The minimum Gasteiger partial charge on any atom is -0.230 e. The molecule has 0 heterocycles. The molecule has 1 unspecified atom stereocenters. The number of halogens is 5. The zero-order valence-electron chi connectivity index (χ0n) is 7.69. The minimum atomic E-state index is -5.68. The number of hydrogen-bond donors (Lipinski definition) is 0. The van der Waals surface area contributed by atoms with Crippen molar-refractivity contribution in [1.82, 2.24) is 0 Å². The molecule has 4 nitrogen and oxygen atoms in total. The molecule has 0 N–H and O–H groups in total. The average Bonchev–Trinajstić information content (AvgIpc) is 2.01. The highest BCUT2D eigenvalue weighted by atomic mass is 31.3. The Bertz CT molecular complexity index is 345. The van der Waals surface area contributed by atoms with Gasteiger partial charge in [-0.1, -0.05) is 0 Å². The number of rotatable bonds is 4. The molecule has 0 rings (SSSR count). The third-order valence-electron chi connectivity index (χ3n) is 0.869. The summed E-state index contributed by atoms with van der Waals surface area (Å²) in [4.78, 5) is 0. The third-order valence-corrected chi connectivity index (χ3v) is 4.97. The molecule has 0 aromatic carbocycles. The molecule has 0 aromatic heterocycles. The van der Waals surface area contributed by atoms with Crippen LogP contribution in [0, 0.1) is 0 Å². The Labute approximate surface area is 84.6 Å². The van der Waals surface area contributed by atoms with E-state index in [4.69, 9.17) is 0 Å². The fraction of sp³-hybridized carbons (Fsp3) is 1.00. The number of hydrogen-bond acceptors (Lipinski definition) is 2. The predicted molar refractivity (Wildman–Crippen MR) is 51.1 cm³/mol. The van der Waals surface area contributed by atoms with E-state index in [1.165, 1.54) is 6.92 Å². The molecule has 90 valence electrons. The second-order valence-electron chi connectivity index (χ2n) is 1.93. The summed E-state index contributed by atoms with van der Waals surface area (Å²) in [6.45, 7) is 1.19. The van der Waals surface area contributed by atoms with Gasteiger partial charge in [-0.3, -0.25) is 0 Å². The number of nitrogens with zero attached hydrogens (tertiary/aromatic N) is 3. The van der Waals surface area contributed by atoms with E-state index < -0.39 is 23.9 Å². The smallest absolute Gasteiger partial charge is 0.230 e. The topological polar surface area (TPSA) is 46.3 Å². The molecule has 0 saturated carbocycles. The van der Waals surface area contributed by atoms with Gasteiger partial charge >= 0.3 is 23.9 Å². The van der Waals surface area contributed by atoms with Crippen molar-refractivity contribution < 1.29 is 25.5 Å². The molecule has 1 atom stereocenters. The molecule has 0 aromatic rings. The van der Waals surface area contributed by atoms with E-state index in [0.717, 1.165) is 0 Å². The Hall–Kier alpha value is 0.170.